The Bertz CT molecular complexity index is 2340. The van der Waals surface area contributed by atoms with Crippen LogP contribution in [0, 0.1) is 0 Å². The summed E-state index contributed by atoms with van der Waals surface area (Å²) in [5.74, 6) is 0. The van der Waals surface area contributed by atoms with Gasteiger partial charge in [0, 0.05) is 27.5 Å². The summed E-state index contributed by atoms with van der Waals surface area (Å²) in [6.45, 7) is 0. The maximum atomic E-state index is 2.48. The molecule has 0 spiro atoms. The Labute approximate surface area is 237 Å². The summed E-state index contributed by atoms with van der Waals surface area (Å²) >= 11 is 0. The predicted molar refractivity (Wildman–Crippen MR) is 172 cm³/mol. The van der Waals surface area contributed by atoms with E-state index in [1.54, 1.807) is 0 Å². The lowest BCUT2D eigenvalue weighted by atomic mass is 10.0. The predicted octanol–water partition coefficient (Wildman–Crippen LogP) is 10.2. The van der Waals surface area contributed by atoms with Crippen molar-refractivity contribution in [3.63, 3.8) is 0 Å². The molecule has 6 aromatic carbocycles. The molecule has 0 amide bonds. The smallest absolute Gasteiger partial charge is 0.131 e. The van der Waals surface area contributed by atoms with E-state index in [-0.39, 0.29) is 0 Å². The van der Waals surface area contributed by atoms with E-state index in [0.717, 1.165) is 17.1 Å². The first kappa shape index (κ1) is 22.3. The lowest BCUT2D eigenvalue weighted by Crippen LogP contribution is -2.10. The zero-order valence-corrected chi connectivity index (χ0v) is 22.3. The minimum atomic E-state index is 1.12. The minimum Gasteiger partial charge on any atom is -0.308 e. The van der Waals surface area contributed by atoms with Gasteiger partial charge in [-0.05, 0) is 59.7 Å². The van der Waals surface area contributed by atoms with Gasteiger partial charge in [-0.15, -0.1) is 0 Å². The van der Waals surface area contributed by atoms with Crippen LogP contribution >= 0.6 is 0 Å². The quantitative estimate of drug-likeness (QED) is 0.223. The van der Waals surface area contributed by atoms with Gasteiger partial charge in [0.2, 0.25) is 0 Å². The number of hydrogen-bond acceptors (Lipinski definition) is 1. The fourth-order valence-electron chi connectivity index (χ4n) is 6.72. The lowest BCUT2D eigenvalue weighted by molar-refractivity contribution is 1.26. The highest BCUT2D eigenvalue weighted by Crippen LogP contribution is 2.45. The lowest BCUT2D eigenvalue weighted by Gasteiger charge is -2.26. The molecule has 9 rings (SSSR count). The van der Waals surface area contributed by atoms with Crippen LogP contribution in [0.25, 0.3) is 55.0 Å². The minimum absolute atomic E-state index is 1.12. The van der Waals surface area contributed by atoms with Gasteiger partial charge in [-0.3, -0.25) is 8.80 Å². The third-order valence-electron chi connectivity index (χ3n) is 8.42. The maximum absolute atomic E-state index is 2.48. The van der Waals surface area contributed by atoms with E-state index in [1.165, 1.54) is 55.0 Å². The van der Waals surface area contributed by atoms with Crippen LogP contribution in [0.2, 0.25) is 0 Å². The molecule has 3 heteroatoms. The summed E-state index contributed by atoms with van der Waals surface area (Å²) in [4.78, 5) is 2.39. The van der Waals surface area contributed by atoms with Gasteiger partial charge >= 0.3 is 0 Å². The Balaban J connectivity index is 1.38. The Morgan fingerprint density at radius 2 is 0.927 bits per heavy atom. The number of aromatic nitrogens is 2. The first-order chi connectivity index (χ1) is 20.4. The molecule has 0 saturated heterocycles. The molecule has 3 nitrogen and oxygen atoms in total. The summed E-state index contributed by atoms with van der Waals surface area (Å²) in [6.07, 6.45) is 0. The van der Waals surface area contributed by atoms with Crippen molar-refractivity contribution in [2.24, 2.45) is 0 Å². The van der Waals surface area contributed by atoms with Crippen molar-refractivity contribution in [1.82, 2.24) is 8.80 Å². The molecule has 0 N–H and O–H groups in total. The maximum Gasteiger partial charge on any atom is 0.131 e. The summed E-state index contributed by atoms with van der Waals surface area (Å²) in [5.41, 5.74) is 12.0. The summed E-state index contributed by atoms with van der Waals surface area (Å²) in [7, 11) is 0. The molecule has 9 aromatic rings. The SMILES string of the molecule is c1ccc(-c2ccc(N(c3ccccc3)c3cccc4c3n3c5ccccc5c5c6ccccc6n4c53)cc2)cc1. The van der Waals surface area contributed by atoms with E-state index < -0.39 is 0 Å². The van der Waals surface area contributed by atoms with Gasteiger partial charge in [0.15, 0.2) is 0 Å². The van der Waals surface area contributed by atoms with Crippen molar-refractivity contribution in [3.05, 3.63) is 152 Å². The Hall–Kier alpha value is -5.54. The molecule has 0 atom stereocenters. The van der Waals surface area contributed by atoms with Crippen LogP contribution < -0.4 is 4.90 Å². The summed E-state index contributed by atoms with van der Waals surface area (Å²) in [6, 6.07) is 54.5. The van der Waals surface area contributed by atoms with Crippen LogP contribution in [0.15, 0.2) is 152 Å². The topological polar surface area (TPSA) is 12.1 Å². The van der Waals surface area contributed by atoms with Crippen molar-refractivity contribution < 1.29 is 0 Å². The molecule has 3 heterocycles. The number of benzene rings is 6. The molecule has 0 unspecified atom stereocenters. The number of fused-ring (bicyclic) bond motifs is 9. The van der Waals surface area contributed by atoms with Crippen LogP contribution in [0.3, 0.4) is 0 Å². The average Bonchev–Trinajstić information content (AvgIpc) is 3.68. The zero-order valence-electron chi connectivity index (χ0n) is 22.3. The number of anilines is 3. The van der Waals surface area contributed by atoms with Gasteiger partial charge in [0.25, 0.3) is 0 Å². The van der Waals surface area contributed by atoms with Gasteiger partial charge < -0.3 is 4.90 Å². The summed E-state index contributed by atoms with van der Waals surface area (Å²) < 4.78 is 4.93. The monoisotopic (exact) mass is 523 g/mol. The van der Waals surface area contributed by atoms with E-state index in [0.29, 0.717) is 0 Å². The van der Waals surface area contributed by atoms with Gasteiger partial charge in [0.05, 0.1) is 27.8 Å². The number of hydrogen-bond donors (Lipinski definition) is 0. The normalized spacial score (nSPS) is 11.9. The van der Waals surface area contributed by atoms with E-state index in [1.807, 2.05) is 0 Å². The highest BCUT2D eigenvalue weighted by molar-refractivity contribution is 6.24. The van der Waals surface area contributed by atoms with Gasteiger partial charge in [-0.2, -0.15) is 0 Å². The van der Waals surface area contributed by atoms with Gasteiger partial charge in [0.1, 0.15) is 5.65 Å². The summed E-state index contributed by atoms with van der Waals surface area (Å²) in [5, 5.41) is 3.90. The second kappa shape index (κ2) is 8.48. The molecule has 0 bridgehead atoms. The van der Waals surface area contributed by atoms with Gasteiger partial charge in [-0.1, -0.05) is 103 Å². The Kier molecular flexibility index (Phi) is 4.61. The van der Waals surface area contributed by atoms with Crippen LogP contribution in [0.1, 0.15) is 0 Å². The molecule has 41 heavy (non-hydrogen) atoms. The number of rotatable bonds is 4. The molecule has 0 aliphatic heterocycles. The first-order valence-electron chi connectivity index (χ1n) is 14.1. The van der Waals surface area contributed by atoms with E-state index in [2.05, 4.69) is 165 Å². The molecule has 0 fully saturated rings. The molecule has 0 aliphatic carbocycles. The molecule has 0 saturated carbocycles. The van der Waals surface area contributed by atoms with Crippen LogP contribution in [0.4, 0.5) is 17.1 Å². The molecule has 0 radical (unpaired) electrons. The highest BCUT2D eigenvalue weighted by atomic mass is 15.2. The van der Waals surface area contributed by atoms with Crippen molar-refractivity contribution >= 4 is 60.9 Å². The molecule has 3 aromatic heterocycles. The van der Waals surface area contributed by atoms with Crippen molar-refractivity contribution in [2.45, 2.75) is 0 Å². The third-order valence-corrected chi connectivity index (χ3v) is 8.42. The van der Waals surface area contributed by atoms with Crippen LogP contribution in [0.5, 0.6) is 0 Å². The van der Waals surface area contributed by atoms with E-state index in [9.17, 15) is 0 Å². The largest absolute Gasteiger partial charge is 0.308 e. The molecule has 0 aliphatic rings. The molecule has 192 valence electrons. The van der Waals surface area contributed by atoms with Crippen molar-refractivity contribution in [1.29, 1.82) is 0 Å². The van der Waals surface area contributed by atoms with E-state index in [4.69, 9.17) is 0 Å². The standard InChI is InChI=1S/C38H25N3/c1-3-12-26(13-4-1)27-22-24-29(25-23-27)39(28-14-5-2-6-15-28)34-20-11-21-35-37(34)41-33-19-10-8-17-31(33)36-30-16-7-9-18-32(30)40(35)38(36)41/h1-25H. The van der Waals surface area contributed by atoms with Gasteiger partial charge in [-0.25, -0.2) is 0 Å². The second-order valence-corrected chi connectivity index (χ2v) is 10.6. The average molecular weight is 524 g/mol. The van der Waals surface area contributed by atoms with E-state index >= 15 is 0 Å². The first-order valence-corrected chi connectivity index (χ1v) is 14.1. The number of para-hydroxylation sites is 4. The number of imidazole rings is 1. The fourth-order valence-corrected chi connectivity index (χ4v) is 6.72. The van der Waals surface area contributed by atoms with Crippen LogP contribution in [-0.4, -0.2) is 8.80 Å². The van der Waals surface area contributed by atoms with Crippen LogP contribution in [-0.2, 0) is 0 Å². The van der Waals surface area contributed by atoms with Crippen molar-refractivity contribution in [3.8, 4) is 11.1 Å². The Morgan fingerprint density at radius 3 is 1.63 bits per heavy atom. The highest BCUT2D eigenvalue weighted by Gasteiger charge is 2.25. The second-order valence-electron chi connectivity index (χ2n) is 10.6. The zero-order chi connectivity index (χ0) is 26.9. The number of nitrogens with zero attached hydrogens (tertiary/aromatic N) is 3. The van der Waals surface area contributed by atoms with Crippen molar-refractivity contribution in [2.75, 3.05) is 4.90 Å². The third kappa shape index (κ3) is 3.09. The fraction of sp³-hybridized carbons (Fsp3) is 0. The Morgan fingerprint density at radius 1 is 0.390 bits per heavy atom. The molecular formula is C38H25N3. The molecular weight excluding hydrogens is 498 g/mol.